The van der Waals surface area contributed by atoms with E-state index in [1.54, 1.807) is 11.8 Å². The van der Waals surface area contributed by atoms with E-state index in [1.807, 2.05) is 38.1 Å². The second kappa shape index (κ2) is 10.6. The van der Waals surface area contributed by atoms with Crippen molar-refractivity contribution in [2.75, 3.05) is 33.4 Å². The molecule has 8 nitrogen and oxygen atoms in total. The van der Waals surface area contributed by atoms with Crippen molar-refractivity contribution in [2.45, 2.75) is 45.8 Å². The predicted molar refractivity (Wildman–Crippen MR) is 136 cm³/mol. The van der Waals surface area contributed by atoms with E-state index < -0.39 is 5.66 Å². The Morgan fingerprint density at radius 3 is 2.66 bits per heavy atom. The zero-order valence-electron chi connectivity index (χ0n) is 21.2. The zero-order valence-corrected chi connectivity index (χ0v) is 21.2. The fraction of sp³-hybridized carbons (Fsp3) is 0.444. The summed E-state index contributed by atoms with van der Waals surface area (Å²) in [7, 11) is 1.64. The topological polar surface area (TPSA) is 81.5 Å². The predicted octanol–water partition coefficient (Wildman–Crippen LogP) is 3.71. The summed E-state index contributed by atoms with van der Waals surface area (Å²) in [5.41, 5.74) is 2.29. The lowest BCUT2D eigenvalue weighted by atomic mass is 10.1. The Morgan fingerprint density at radius 1 is 1.20 bits per heavy atom. The van der Waals surface area contributed by atoms with Crippen LogP contribution in [0.5, 0.6) is 5.75 Å². The summed E-state index contributed by atoms with van der Waals surface area (Å²) in [6, 6.07) is 16.6. The molecule has 186 valence electrons. The van der Waals surface area contributed by atoms with E-state index in [-0.39, 0.29) is 5.91 Å². The third-order valence-corrected chi connectivity index (χ3v) is 6.35. The van der Waals surface area contributed by atoms with Crippen molar-refractivity contribution in [1.29, 1.82) is 0 Å². The number of methoxy groups -OCH3 is 1. The molecular weight excluding hydrogens is 442 g/mol. The van der Waals surface area contributed by atoms with Gasteiger partial charge in [0.1, 0.15) is 11.4 Å². The molecule has 1 unspecified atom stereocenters. The second-order valence-corrected chi connectivity index (χ2v) is 9.55. The molecule has 3 aromatic rings. The molecular formula is C27H35N5O3. The molecule has 1 atom stereocenters. The van der Waals surface area contributed by atoms with Crippen molar-refractivity contribution in [2.24, 2.45) is 0 Å². The normalized spacial score (nSPS) is 16.8. The molecule has 0 spiro atoms. The quantitative estimate of drug-likeness (QED) is 0.533. The van der Waals surface area contributed by atoms with Crippen molar-refractivity contribution in [3.05, 3.63) is 54.1 Å². The molecule has 0 radical (unpaired) electrons. The molecule has 1 N–H and O–H groups in total. The Hall–Kier alpha value is -3.23. The molecule has 0 aliphatic carbocycles. The number of nitrogens with one attached hydrogen (secondary N) is 1. The highest BCUT2D eigenvalue weighted by Gasteiger charge is 2.28. The molecule has 35 heavy (non-hydrogen) atoms. The summed E-state index contributed by atoms with van der Waals surface area (Å²) >= 11 is 0. The van der Waals surface area contributed by atoms with E-state index in [2.05, 4.69) is 41.4 Å². The second-order valence-electron chi connectivity index (χ2n) is 9.55. The van der Waals surface area contributed by atoms with Gasteiger partial charge in [-0.3, -0.25) is 9.69 Å². The Labute approximate surface area is 207 Å². The summed E-state index contributed by atoms with van der Waals surface area (Å²) < 4.78 is 12.7. The molecule has 2 aromatic carbocycles. The first-order chi connectivity index (χ1) is 16.8. The minimum absolute atomic E-state index is 0.136. The number of aromatic nitrogens is 3. The minimum Gasteiger partial charge on any atom is -0.497 e. The number of benzene rings is 2. The first-order valence-corrected chi connectivity index (χ1v) is 12.1. The Kier molecular flexibility index (Phi) is 7.52. The average molecular weight is 478 g/mol. The van der Waals surface area contributed by atoms with Crippen LogP contribution in [0.4, 0.5) is 0 Å². The maximum Gasteiger partial charge on any atom is 0.218 e. The lowest BCUT2D eigenvalue weighted by Crippen LogP contribution is -2.45. The van der Waals surface area contributed by atoms with Crippen LogP contribution < -0.4 is 10.1 Å². The maximum absolute atomic E-state index is 11.9. The van der Waals surface area contributed by atoms with Gasteiger partial charge in [0.15, 0.2) is 11.6 Å². The van der Waals surface area contributed by atoms with E-state index in [0.717, 1.165) is 49.6 Å². The molecule has 1 aromatic heterocycles. The van der Waals surface area contributed by atoms with E-state index in [0.29, 0.717) is 17.7 Å². The van der Waals surface area contributed by atoms with E-state index in [9.17, 15) is 4.79 Å². The lowest BCUT2D eigenvalue weighted by Gasteiger charge is -2.33. The number of hydrogen-bond acceptors (Lipinski definition) is 6. The van der Waals surface area contributed by atoms with E-state index in [1.165, 1.54) is 12.5 Å². The molecule has 2 heterocycles. The fourth-order valence-electron chi connectivity index (χ4n) is 4.44. The standard InChI is InChI=1S/C27H35N5O3/c1-19-18-35-16-15-31(19)14-13-21-9-11-22(12-10-21)25-28-26(23-7-6-8-24(17-23)34-5)32(30-25)27(3,4)29-20(2)33/h6-12,17,19H,13-16,18H2,1-5H3,(H,29,33). The first kappa shape index (κ1) is 24.9. The summed E-state index contributed by atoms with van der Waals surface area (Å²) in [4.78, 5) is 19.2. The van der Waals surface area contributed by atoms with Crippen LogP contribution in [0, 0.1) is 0 Å². The molecule has 1 aliphatic heterocycles. The monoisotopic (exact) mass is 477 g/mol. The van der Waals surface area contributed by atoms with Gasteiger partial charge in [-0.05, 0) is 44.9 Å². The van der Waals surface area contributed by atoms with Gasteiger partial charge < -0.3 is 14.8 Å². The minimum atomic E-state index is -0.774. The first-order valence-electron chi connectivity index (χ1n) is 12.1. The number of hydrogen-bond donors (Lipinski definition) is 1. The van der Waals surface area contributed by atoms with Gasteiger partial charge >= 0.3 is 0 Å². The SMILES string of the molecule is COc1cccc(-c2nc(-c3ccc(CCN4CCOCC4C)cc3)nn2C(C)(C)NC(C)=O)c1. The molecule has 1 amide bonds. The number of ether oxygens (including phenoxy) is 2. The van der Waals surface area contributed by atoms with Gasteiger partial charge in [-0.1, -0.05) is 36.4 Å². The Bertz CT molecular complexity index is 1160. The zero-order chi connectivity index (χ0) is 25.0. The summed E-state index contributed by atoms with van der Waals surface area (Å²) in [6.45, 7) is 11.1. The van der Waals surface area contributed by atoms with E-state index >= 15 is 0 Å². The highest BCUT2D eigenvalue weighted by molar-refractivity contribution is 5.73. The highest BCUT2D eigenvalue weighted by Crippen LogP contribution is 2.29. The van der Waals surface area contributed by atoms with Crippen LogP contribution in [0.3, 0.4) is 0 Å². The average Bonchev–Trinajstić information content (AvgIpc) is 3.30. The van der Waals surface area contributed by atoms with E-state index in [4.69, 9.17) is 19.6 Å². The summed E-state index contributed by atoms with van der Waals surface area (Å²) in [6.07, 6.45) is 0.983. The lowest BCUT2D eigenvalue weighted by molar-refractivity contribution is -0.121. The van der Waals surface area contributed by atoms with Gasteiger partial charge in [-0.2, -0.15) is 0 Å². The number of rotatable bonds is 8. The smallest absolute Gasteiger partial charge is 0.218 e. The molecule has 4 rings (SSSR count). The van der Waals surface area contributed by atoms with Crippen molar-refractivity contribution < 1.29 is 14.3 Å². The number of carbonyl (C=O) groups excluding carboxylic acids is 1. The highest BCUT2D eigenvalue weighted by atomic mass is 16.5. The number of carbonyl (C=O) groups is 1. The molecule has 1 saturated heterocycles. The largest absolute Gasteiger partial charge is 0.497 e. The van der Waals surface area contributed by atoms with Crippen molar-refractivity contribution in [1.82, 2.24) is 25.0 Å². The Balaban J connectivity index is 1.61. The van der Waals surface area contributed by atoms with Crippen LogP contribution in [0.1, 0.15) is 33.3 Å². The fourth-order valence-corrected chi connectivity index (χ4v) is 4.44. The number of nitrogens with zero attached hydrogens (tertiary/aromatic N) is 4. The molecule has 0 bridgehead atoms. The van der Waals surface area contributed by atoms with Gasteiger partial charge in [0.05, 0.1) is 20.3 Å². The van der Waals surface area contributed by atoms with Crippen molar-refractivity contribution in [3.8, 4) is 28.5 Å². The van der Waals surface area contributed by atoms with Crippen LogP contribution in [0.2, 0.25) is 0 Å². The molecule has 0 saturated carbocycles. The Morgan fingerprint density at radius 2 is 1.97 bits per heavy atom. The van der Waals surface area contributed by atoms with Gasteiger partial charge in [0.25, 0.3) is 0 Å². The molecule has 8 heteroatoms. The molecule has 1 fully saturated rings. The van der Waals surface area contributed by atoms with Crippen LogP contribution in [-0.4, -0.2) is 65.0 Å². The summed E-state index contributed by atoms with van der Waals surface area (Å²) in [5.74, 6) is 1.86. The maximum atomic E-state index is 11.9. The van der Waals surface area contributed by atoms with Crippen LogP contribution >= 0.6 is 0 Å². The van der Waals surface area contributed by atoms with Crippen molar-refractivity contribution in [3.63, 3.8) is 0 Å². The van der Waals surface area contributed by atoms with Gasteiger partial charge in [0, 0.05) is 37.2 Å². The van der Waals surface area contributed by atoms with Crippen LogP contribution in [-0.2, 0) is 21.6 Å². The van der Waals surface area contributed by atoms with Crippen LogP contribution in [0.15, 0.2) is 48.5 Å². The third kappa shape index (κ3) is 5.89. The summed E-state index contributed by atoms with van der Waals surface area (Å²) in [5, 5.41) is 7.80. The molecule has 1 aliphatic rings. The van der Waals surface area contributed by atoms with Gasteiger partial charge in [0.2, 0.25) is 5.91 Å². The number of morpholine rings is 1. The number of amides is 1. The third-order valence-electron chi connectivity index (χ3n) is 6.35. The van der Waals surface area contributed by atoms with Crippen LogP contribution in [0.25, 0.3) is 22.8 Å². The van der Waals surface area contributed by atoms with Crippen molar-refractivity contribution >= 4 is 5.91 Å². The van der Waals surface area contributed by atoms with Gasteiger partial charge in [-0.15, -0.1) is 5.10 Å². The van der Waals surface area contributed by atoms with Gasteiger partial charge in [-0.25, -0.2) is 9.67 Å².